The molecule has 1 heterocycles. The zero-order valence-corrected chi connectivity index (χ0v) is 16.4. The van der Waals surface area contributed by atoms with Gasteiger partial charge in [-0.3, -0.25) is 4.79 Å². The summed E-state index contributed by atoms with van der Waals surface area (Å²) in [6.07, 6.45) is -2.51. The van der Waals surface area contributed by atoms with E-state index in [4.69, 9.17) is 19.0 Å². The van der Waals surface area contributed by atoms with E-state index in [0.717, 1.165) is 11.1 Å². The topological polar surface area (TPSA) is 86.3 Å². The van der Waals surface area contributed by atoms with E-state index in [0.29, 0.717) is 13.2 Å². The molecule has 0 aromatic heterocycles. The third-order valence-electron chi connectivity index (χ3n) is 4.55. The summed E-state index contributed by atoms with van der Waals surface area (Å²) in [6.45, 7) is 2.27. The molecule has 0 spiro atoms. The molecular formula is C22H27NO6. The second kappa shape index (κ2) is 11.0. The van der Waals surface area contributed by atoms with Crippen molar-refractivity contribution in [2.45, 2.75) is 51.2 Å². The average Bonchev–Trinajstić information content (AvgIpc) is 2.74. The van der Waals surface area contributed by atoms with Crippen molar-refractivity contribution in [3.63, 3.8) is 0 Å². The van der Waals surface area contributed by atoms with Crippen LogP contribution in [0.3, 0.4) is 0 Å². The molecule has 2 aromatic rings. The third-order valence-corrected chi connectivity index (χ3v) is 4.55. The van der Waals surface area contributed by atoms with Crippen LogP contribution in [-0.2, 0) is 37.1 Å². The van der Waals surface area contributed by atoms with Crippen LogP contribution in [0.4, 0.5) is 0 Å². The van der Waals surface area contributed by atoms with Crippen LogP contribution in [0.1, 0.15) is 24.5 Å². The van der Waals surface area contributed by atoms with Crippen LogP contribution in [0.5, 0.6) is 0 Å². The maximum absolute atomic E-state index is 11.2. The van der Waals surface area contributed by atoms with Gasteiger partial charge in [0.05, 0.1) is 25.9 Å². The van der Waals surface area contributed by atoms with Gasteiger partial charge in [-0.1, -0.05) is 60.7 Å². The number of ether oxygens (including phenoxy) is 3. The Morgan fingerprint density at radius 1 is 1.07 bits per heavy atom. The Morgan fingerprint density at radius 2 is 1.69 bits per heavy atom. The molecule has 3 rings (SSSR count). The van der Waals surface area contributed by atoms with Gasteiger partial charge in [-0.05, 0) is 11.1 Å². The Kier molecular flexibility index (Phi) is 8.15. The maximum atomic E-state index is 11.2. The third kappa shape index (κ3) is 6.92. The molecule has 0 saturated carbocycles. The fraction of sp³-hybridized carbons (Fsp3) is 0.409. The first-order chi connectivity index (χ1) is 14.1. The van der Waals surface area contributed by atoms with Crippen LogP contribution in [0.25, 0.3) is 0 Å². The second-order valence-electron chi connectivity index (χ2n) is 6.94. The summed E-state index contributed by atoms with van der Waals surface area (Å²) in [5, 5.41) is 10.7. The summed E-state index contributed by atoms with van der Waals surface area (Å²) in [6, 6.07) is 19.5. The van der Waals surface area contributed by atoms with Crippen molar-refractivity contribution in [2.24, 2.45) is 0 Å². The smallest absolute Gasteiger partial charge is 0.240 e. The minimum absolute atomic E-state index is 0.168. The van der Waals surface area contributed by atoms with Gasteiger partial charge in [-0.2, -0.15) is 0 Å². The average molecular weight is 401 g/mol. The van der Waals surface area contributed by atoms with Gasteiger partial charge in [-0.15, -0.1) is 0 Å². The van der Waals surface area contributed by atoms with Crippen LogP contribution in [0.2, 0.25) is 0 Å². The molecule has 156 valence electrons. The van der Waals surface area contributed by atoms with E-state index < -0.39 is 24.6 Å². The number of aliphatic hydroxyl groups is 1. The van der Waals surface area contributed by atoms with Crippen molar-refractivity contribution in [1.29, 1.82) is 0 Å². The first kappa shape index (κ1) is 21.4. The Balaban J connectivity index is 1.57. The van der Waals surface area contributed by atoms with Gasteiger partial charge in [0.2, 0.25) is 5.91 Å². The Morgan fingerprint density at radius 3 is 2.31 bits per heavy atom. The molecule has 1 aliphatic rings. The van der Waals surface area contributed by atoms with Crippen molar-refractivity contribution >= 4 is 5.91 Å². The fourth-order valence-electron chi connectivity index (χ4n) is 3.07. The summed E-state index contributed by atoms with van der Waals surface area (Å²) in [5.74, 6) is -0.335. The molecular weight excluding hydrogens is 374 g/mol. The van der Waals surface area contributed by atoms with Gasteiger partial charge in [0, 0.05) is 13.3 Å². The molecule has 7 heteroatoms. The number of carbonyl (C=O) groups is 1. The van der Waals surface area contributed by atoms with Crippen LogP contribution < -0.4 is 5.48 Å². The van der Waals surface area contributed by atoms with Gasteiger partial charge in [0.25, 0.3) is 0 Å². The zero-order chi connectivity index (χ0) is 20.5. The van der Waals surface area contributed by atoms with E-state index >= 15 is 0 Å². The van der Waals surface area contributed by atoms with E-state index in [2.05, 4.69) is 5.48 Å². The first-order valence-corrected chi connectivity index (χ1v) is 9.65. The zero-order valence-electron chi connectivity index (χ0n) is 16.4. The van der Waals surface area contributed by atoms with E-state index in [1.54, 1.807) is 0 Å². The second-order valence-corrected chi connectivity index (χ2v) is 6.94. The first-order valence-electron chi connectivity index (χ1n) is 9.65. The lowest BCUT2D eigenvalue weighted by atomic mass is 10.0. The molecule has 7 nitrogen and oxygen atoms in total. The summed E-state index contributed by atoms with van der Waals surface area (Å²) in [5.41, 5.74) is 4.32. The molecule has 1 unspecified atom stereocenters. The lowest BCUT2D eigenvalue weighted by Gasteiger charge is -2.38. The lowest BCUT2D eigenvalue weighted by molar-refractivity contribution is -0.281. The van der Waals surface area contributed by atoms with Crippen molar-refractivity contribution in [3.8, 4) is 0 Å². The number of nitrogens with one attached hydrogen (secondary N) is 1. The number of rotatable bonds is 9. The molecule has 2 N–H and O–H groups in total. The van der Waals surface area contributed by atoms with Crippen LogP contribution in [0, 0.1) is 0 Å². The molecule has 1 aliphatic heterocycles. The SMILES string of the molecule is CC(=O)NOC1C[C@@H](OCc2ccccc2)[C@H](O)[C@@H](COCc2ccccc2)O1. The van der Waals surface area contributed by atoms with Crippen LogP contribution in [0.15, 0.2) is 60.7 Å². The van der Waals surface area contributed by atoms with Gasteiger partial charge >= 0.3 is 0 Å². The minimum atomic E-state index is -0.883. The molecule has 0 aliphatic carbocycles. The molecule has 0 radical (unpaired) electrons. The number of amides is 1. The number of benzene rings is 2. The molecule has 2 aromatic carbocycles. The Bertz CT molecular complexity index is 741. The largest absolute Gasteiger partial charge is 0.388 e. The van der Waals surface area contributed by atoms with E-state index in [9.17, 15) is 9.90 Å². The van der Waals surface area contributed by atoms with E-state index in [1.165, 1.54) is 6.92 Å². The molecule has 1 amide bonds. The lowest BCUT2D eigenvalue weighted by Crippen LogP contribution is -2.52. The predicted molar refractivity (Wildman–Crippen MR) is 105 cm³/mol. The highest BCUT2D eigenvalue weighted by atomic mass is 16.8. The molecule has 1 fully saturated rings. The minimum Gasteiger partial charge on any atom is -0.388 e. The van der Waals surface area contributed by atoms with E-state index in [1.807, 2.05) is 60.7 Å². The van der Waals surface area contributed by atoms with Crippen molar-refractivity contribution in [3.05, 3.63) is 71.8 Å². The van der Waals surface area contributed by atoms with Gasteiger partial charge in [0.15, 0.2) is 6.29 Å². The highest BCUT2D eigenvalue weighted by Gasteiger charge is 2.39. The number of hydroxylamine groups is 1. The van der Waals surface area contributed by atoms with Gasteiger partial charge < -0.3 is 19.3 Å². The quantitative estimate of drug-likeness (QED) is 0.628. The van der Waals surface area contributed by atoms with Gasteiger partial charge in [0.1, 0.15) is 12.2 Å². The van der Waals surface area contributed by atoms with Crippen molar-refractivity contribution in [2.75, 3.05) is 6.61 Å². The van der Waals surface area contributed by atoms with E-state index in [-0.39, 0.29) is 18.9 Å². The molecule has 0 bridgehead atoms. The normalized spacial score (nSPS) is 24.2. The maximum Gasteiger partial charge on any atom is 0.240 e. The number of hydrogen-bond donors (Lipinski definition) is 2. The van der Waals surface area contributed by atoms with Gasteiger partial charge in [-0.25, -0.2) is 10.3 Å². The summed E-state index contributed by atoms with van der Waals surface area (Å²) < 4.78 is 17.4. The molecule has 29 heavy (non-hydrogen) atoms. The standard InChI is InChI=1S/C22H27NO6/c1-16(24)23-29-21-12-19(27-14-18-10-6-3-7-11-18)22(25)20(28-21)15-26-13-17-8-4-2-5-9-17/h2-11,19-22,25H,12-15H2,1H3,(H,23,24)/t19-,20-,21?,22+/m1/s1. The van der Waals surface area contributed by atoms with Crippen LogP contribution in [-0.4, -0.2) is 42.2 Å². The number of carbonyl (C=O) groups excluding carboxylic acids is 1. The summed E-state index contributed by atoms with van der Waals surface area (Å²) in [7, 11) is 0. The van der Waals surface area contributed by atoms with Crippen molar-refractivity contribution < 1.29 is 28.9 Å². The Hall–Kier alpha value is -2.29. The van der Waals surface area contributed by atoms with Crippen molar-refractivity contribution in [1.82, 2.24) is 5.48 Å². The van der Waals surface area contributed by atoms with Crippen LogP contribution >= 0.6 is 0 Å². The molecule has 1 saturated heterocycles. The highest BCUT2D eigenvalue weighted by molar-refractivity contribution is 5.71. The fourth-order valence-corrected chi connectivity index (χ4v) is 3.07. The highest BCUT2D eigenvalue weighted by Crippen LogP contribution is 2.25. The molecule has 4 atom stereocenters. The number of aliphatic hydroxyl groups excluding tert-OH is 1. The summed E-state index contributed by atoms with van der Waals surface area (Å²) >= 11 is 0. The Labute approximate surface area is 170 Å². The monoisotopic (exact) mass is 401 g/mol. The summed E-state index contributed by atoms with van der Waals surface area (Å²) in [4.78, 5) is 16.5. The predicted octanol–water partition coefficient (Wildman–Crippen LogP) is 2.33. The number of hydrogen-bond acceptors (Lipinski definition) is 6.